The van der Waals surface area contributed by atoms with Crippen LogP contribution in [0.3, 0.4) is 0 Å². The SMILES string of the molecule is CN1Cc2c(Cl)cc(Cl)cc2C(c2ccc(S(=O)(=O)Nc3ccc(P(=O)(O)O)cc3)cc2)C1. The van der Waals surface area contributed by atoms with Crippen molar-refractivity contribution in [1.82, 2.24) is 4.90 Å². The second-order valence-corrected chi connectivity index (χ2v) is 12.1. The van der Waals surface area contributed by atoms with Crippen LogP contribution < -0.4 is 10.0 Å². The zero-order valence-corrected chi connectivity index (χ0v) is 20.7. The zero-order chi connectivity index (χ0) is 24.0. The van der Waals surface area contributed by atoms with Crippen LogP contribution in [-0.2, 0) is 21.1 Å². The summed E-state index contributed by atoms with van der Waals surface area (Å²) < 4.78 is 39.3. The van der Waals surface area contributed by atoms with Crippen LogP contribution in [0.15, 0.2) is 65.6 Å². The molecule has 0 spiro atoms. The molecule has 1 aliphatic heterocycles. The third-order valence-electron chi connectivity index (χ3n) is 5.54. The third kappa shape index (κ3) is 5.28. The first-order chi connectivity index (χ1) is 15.4. The number of anilines is 1. The second-order valence-electron chi connectivity index (χ2n) is 7.97. The van der Waals surface area contributed by atoms with Crippen molar-refractivity contribution in [3.63, 3.8) is 0 Å². The molecular formula is C22H21Cl2N2O5PS. The van der Waals surface area contributed by atoms with Crippen molar-refractivity contribution < 1.29 is 22.8 Å². The fourth-order valence-corrected chi connectivity index (χ4v) is 6.11. The van der Waals surface area contributed by atoms with Crippen LogP contribution in [0.25, 0.3) is 0 Å². The molecule has 0 aliphatic carbocycles. The highest BCUT2D eigenvalue weighted by Gasteiger charge is 2.27. The molecule has 0 bridgehead atoms. The van der Waals surface area contributed by atoms with Crippen LogP contribution in [0, 0.1) is 0 Å². The number of benzene rings is 3. The van der Waals surface area contributed by atoms with Crippen LogP contribution in [0.2, 0.25) is 10.0 Å². The Hall–Kier alpha value is -1.90. The summed E-state index contributed by atoms with van der Waals surface area (Å²) in [4.78, 5) is 20.6. The van der Waals surface area contributed by atoms with Gasteiger partial charge in [0.05, 0.1) is 10.2 Å². The lowest BCUT2D eigenvalue weighted by Gasteiger charge is -2.33. The summed E-state index contributed by atoms with van der Waals surface area (Å²) in [6, 6.07) is 15.2. The summed E-state index contributed by atoms with van der Waals surface area (Å²) >= 11 is 12.7. The lowest BCUT2D eigenvalue weighted by molar-refractivity contribution is 0.295. The molecule has 1 heterocycles. The highest BCUT2D eigenvalue weighted by atomic mass is 35.5. The van der Waals surface area contributed by atoms with Crippen molar-refractivity contribution in [3.05, 3.63) is 87.4 Å². The molecule has 1 aliphatic rings. The number of nitrogens with zero attached hydrogens (tertiary/aromatic N) is 1. The van der Waals surface area contributed by atoms with Gasteiger partial charge in [-0.15, -0.1) is 0 Å². The number of fused-ring (bicyclic) bond motifs is 1. The maximum Gasteiger partial charge on any atom is 0.356 e. The number of sulfonamides is 1. The van der Waals surface area contributed by atoms with Crippen LogP contribution in [0.4, 0.5) is 5.69 Å². The van der Waals surface area contributed by atoms with Gasteiger partial charge in [0.25, 0.3) is 10.0 Å². The van der Waals surface area contributed by atoms with E-state index in [1.54, 1.807) is 18.2 Å². The molecule has 7 nitrogen and oxygen atoms in total. The number of likely N-dealkylation sites (N-methyl/N-ethyl adjacent to an activating group) is 1. The first kappa shape index (κ1) is 24.2. The molecule has 0 saturated heterocycles. The van der Waals surface area contributed by atoms with Gasteiger partial charge >= 0.3 is 7.60 Å². The van der Waals surface area contributed by atoms with Crippen molar-refractivity contribution in [3.8, 4) is 0 Å². The van der Waals surface area contributed by atoms with E-state index in [9.17, 15) is 22.8 Å². The van der Waals surface area contributed by atoms with Gasteiger partial charge in [-0.05, 0) is 72.3 Å². The largest absolute Gasteiger partial charge is 0.356 e. The van der Waals surface area contributed by atoms with E-state index < -0.39 is 17.6 Å². The van der Waals surface area contributed by atoms with E-state index >= 15 is 0 Å². The predicted molar refractivity (Wildman–Crippen MR) is 130 cm³/mol. The van der Waals surface area contributed by atoms with Gasteiger partial charge in [-0.3, -0.25) is 9.29 Å². The Bertz CT molecular complexity index is 1340. The van der Waals surface area contributed by atoms with Crippen molar-refractivity contribution >= 4 is 51.8 Å². The molecule has 0 aromatic heterocycles. The number of hydrogen-bond donors (Lipinski definition) is 3. The Morgan fingerprint density at radius 3 is 2.27 bits per heavy atom. The number of nitrogens with one attached hydrogen (secondary N) is 1. The lowest BCUT2D eigenvalue weighted by Crippen LogP contribution is -2.31. The van der Waals surface area contributed by atoms with E-state index in [0.29, 0.717) is 16.6 Å². The van der Waals surface area contributed by atoms with Gasteiger partial charge in [-0.1, -0.05) is 35.3 Å². The van der Waals surface area contributed by atoms with Crippen molar-refractivity contribution in [1.29, 1.82) is 0 Å². The minimum absolute atomic E-state index is 0.0140. The third-order valence-corrected chi connectivity index (χ3v) is 8.46. The summed E-state index contributed by atoms with van der Waals surface area (Å²) in [7, 11) is -6.29. The van der Waals surface area contributed by atoms with Gasteiger partial charge < -0.3 is 14.7 Å². The summed E-state index contributed by atoms with van der Waals surface area (Å²) in [5.74, 6) is -0.0140. The minimum atomic E-state index is -4.40. The Kier molecular flexibility index (Phi) is 6.64. The van der Waals surface area contributed by atoms with E-state index in [-0.39, 0.29) is 21.8 Å². The molecule has 0 amide bonds. The first-order valence-electron chi connectivity index (χ1n) is 9.89. The smallest absolute Gasteiger partial charge is 0.321 e. The van der Waals surface area contributed by atoms with Gasteiger partial charge in [0.1, 0.15) is 0 Å². The van der Waals surface area contributed by atoms with Gasteiger partial charge in [-0.25, -0.2) is 8.42 Å². The second kappa shape index (κ2) is 9.04. The molecule has 3 N–H and O–H groups in total. The van der Waals surface area contributed by atoms with E-state index in [4.69, 9.17) is 23.2 Å². The van der Waals surface area contributed by atoms with Crippen LogP contribution >= 0.6 is 30.8 Å². The topological polar surface area (TPSA) is 107 Å². The predicted octanol–water partition coefficient (Wildman–Crippen LogP) is 4.17. The van der Waals surface area contributed by atoms with Crippen LogP contribution in [0.1, 0.15) is 22.6 Å². The molecule has 174 valence electrons. The fourth-order valence-electron chi connectivity index (χ4n) is 3.95. The van der Waals surface area contributed by atoms with Gasteiger partial charge in [0.2, 0.25) is 0 Å². The molecular weight excluding hydrogens is 506 g/mol. The van der Waals surface area contributed by atoms with Crippen molar-refractivity contribution in [2.75, 3.05) is 18.3 Å². The van der Waals surface area contributed by atoms with Crippen molar-refractivity contribution in [2.45, 2.75) is 17.4 Å². The Balaban J connectivity index is 1.59. The standard InChI is InChI=1S/C22H21Cl2N2O5PS/c1-26-12-20(19-10-15(23)11-22(24)21(19)13-26)14-2-8-18(9-3-14)33(30,31)25-16-4-6-17(7-5-16)32(27,28)29/h2-11,20,25H,12-13H2,1H3,(H2,27,28,29). The van der Waals surface area contributed by atoms with Gasteiger partial charge in [0, 0.05) is 34.7 Å². The van der Waals surface area contributed by atoms with Crippen LogP contribution in [0.5, 0.6) is 0 Å². The highest BCUT2D eigenvalue weighted by Crippen LogP contribution is 2.38. The molecule has 3 aromatic rings. The summed E-state index contributed by atoms with van der Waals surface area (Å²) in [6.07, 6.45) is 0. The normalized spacial score (nSPS) is 16.9. The van der Waals surface area contributed by atoms with Gasteiger partial charge in [-0.2, -0.15) is 0 Å². The molecule has 4 rings (SSSR count). The van der Waals surface area contributed by atoms with Crippen molar-refractivity contribution in [2.24, 2.45) is 0 Å². The molecule has 3 aromatic carbocycles. The summed E-state index contributed by atoms with van der Waals surface area (Å²) in [5.41, 5.74) is 3.18. The Morgan fingerprint density at radius 1 is 1.03 bits per heavy atom. The maximum absolute atomic E-state index is 12.8. The first-order valence-corrected chi connectivity index (χ1v) is 13.7. The summed E-state index contributed by atoms with van der Waals surface area (Å²) in [5, 5.41) is 0.983. The molecule has 1 unspecified atom stereocenters. The average Bonchev–Trinajstić information content (AvgIpc) is 2.73. The molecule has 0 saturated carbocycles. The fraction of sp³-hybridized carbons (Fsp3) is 0.182. The van der Waals surface area contributed by atoms with E-state index in [1.807, 2.05) is 13.1 Å². The Labute approximate surface area is 202 Å². The van der Waals surface area contributed by atoms with Crippen LogP contribution in [-0.4, -0.2) is 36.7 Å². The quantitative estimate of drug-likeness (QED) is 0.430. The van der Waals surface area contributed by atoms with E-state index in [0.717, 1.165) is 23.2 Å². The average molecular weight is 527 g/mol. The molecule has 1 atom stereocenters. The zero-order valence-electron chi connectivity index (χ0n) is 17.4. The van der Waals surface area contributed by atoms with E-state index in [1.165, 1.54) is 36.4 Å². The monoisotopic (exact) mass is 526 g/mol. The van der Waals surface area contributed by atoms with Gasteiger partial charge in [0.15, 0.2) is 0 Å². The maximum atomic E-state index is 12.8. The minimum Gasteiger partial charge on any atom is -0.321 e. The number of rotatable bonds is 5. The lowest BCUT2D eigenvalue weighted by atomic mass is 9.85. The molecule has 0 radical (unpaired) electrons. The van der Waals surface area contributed by atoms with E-state index in [2.05, 4.69) is 9.62 Å². The highest BCUT2D eigenvalue weighted by molar-refractivity contribution is 7.92. The number of halogens is 2. The molecule has 11 heteroatoms. The molecule has 33 heavy (non-hydrogen) atoms. The summed E-state index contributed by atoms with van der Waals surface area (Å²) in [6.45, 7) is 1.44. The number of hydrogen-bond acceptors (Lipinski definition) is 4. The Morgan fingerprint density at radius 2 is 1.67 bits per heavy atom. The molecule has 0 fully saturated rings.